The summed E-state index contributed by atoms with van der Waals surface area (Å²) in [7, 11) is 1.49. The Balaban J connectivity index is 3.99. The van der Waals surface area contributed by atoms with Gasteiger partial charge in [0.05, 0.1) is 27.7 Å². The van der Waals surface area contributed by atoms with Crippen molar-refractivity contribution in [1.82, 2.24) is 0 Å². The second-order valence-electron chi connectivity index (χ2n) is 25.2. The predicted molar refractivity (Wildman–Crippen MR) is 363 cm³/mol. The molecule has 2 unspecified atom stereocenters. The summed E-state index contributed by atoms with van der Waals surface area (Å²) < 4.78 is 34.7. The fraction of sp³-hybridized carbons (Fsp3) is 0.811. The SMILES string of the molecule is CC/C=C\C/C=C\C/C=C\C/C=C\CCCCCCCCCCCCCCCCC(=O)OC(COC(=O)CCCCCCCCCCCCCCCCCCCCCCC/C=C\C/C=C\CCCCCCC)COP(=O)(O)OCC[N+](C)(C)C. The van der Waals surface area contributed by atoms with Gasteiger partial charge in [-0.1, -0.05) is 311 Å². The Bertz CT molecular complexity index is 1650. The Morgan fingerprint density at radius 3 is 1.01 bits per heavy atom. The molecule has 0 aliphatic carbocycles. The van der Waals surface area contributed by atoms with E-state index in [2.05, 4.69) is 86.8 Å². The summed E-state index contributed by atoms with van der Waals surface area (Å²) in [5, 5.41) is 0. The first-order valence-corrected chi connectivity index (χ1v) is 37.2. The van der Waals surface area contributed by atoms with Gasteiger partial charge in [0.25, 0.3) is 0 Å². The molecule has 10 heteroatoms. The molecule has 0 heterocycles. The summed E-state index contributed by atoms with van der Waals surface area (Å²) in [5.74, 6) is -0.784. The molecule has 0 aromatic carbocycles. The van der Waals surface area contributed by atoms with Crippen molar-refractivity contribution in [3.8, 4) is 0 Å². The molecule has 490 valence electrons. The highest BCUT2D eigenvalue weighted by Gasteiger charge is 2.27. The average Bonchev–Trinajstić information content (AvgIpc) is 3.61. The van der Waals surface area contributed by atoms with E-state index >= 15 is 0 Å². The quantitative estimate of drug-likeness (QED) is 0.0211. The molecule has 0 aromatic heterocycles. The number of likely N-dealkylation sites (N-methyl/N-ethyl adjacent to an activating group) is 1. The van der Waals surface area contributed by atoms with Crippen LogP contribution in [0.2, 0.25) is 0 Å². The minimum Gasteiger partial charge on any atom is -0.462 e. The third kappa shape index (κ3) is 68.6. The molecule has 0 fully saturated rings. The lowest BCUT2D eigenvalue weighted by Gasteiger charge is -2.24. The van der Waals surface area contributed by atoms with Gasteiger partial charge in [0.1, 0.15) is 19.8 Å². The van der Waals surface area contributed by atoms with Gasteiger partial charge in [0, 0.05) is 12.8 Å². The van der Waals surface area contributed by atoms with Crippen molar-refractivity contribution in [2.24, 2.45) is 0 Å². The summed E-state index contributed by atoms with van der Waals surface area (Å²) in [6.07, 6.45) is 87.3. The third-order valence-corrected chi connectivity index (χ3v) is 16.7. The minimum absolute atomic E-state index is 0.0315. The van der Waals surface area contributed by atoms with Crippen LogP contribution in [0.5, 0.6) is 0 Å². The van der Waals surface area contributed by atoms with E-state index in [9.17, 15) is 19.0 Å². The van der Waals surface area contributed by atoms with Crippen molar-refractivity contribution in [1.29, 1.82) is 0 Å². The molecular weight excluding hydrogens is 1060 g/mol. The zero-order valence-electron chi connectivity index (χ0n) is 55.9. The van der Waals surface area contributed by atoms with Crippen LogP contribution in [0.15, 0.2) is 72.9 Å². The summed E-state index contributed by atoms with van der Waals surface area (Å²) in [4.78, 5) is 35.9. The van der Waals surface area contributed by atoms with E-state index in [1.54, 1.807) is 0 Å². The van der Waals surface area contributed by atoms with E-state index in [1.165, 1.54) is 238 Å². The standard InChI is InChI=1S/C74H136NO8P/c1-6-8-10-12-14-16-18-20-22-24-26-28-30-32-34-35-36-37-38-39-41-42-44-46-48-50-52-54-56-58-60-62-64-66-73(76)80-70-72(71-82-84(78,79)81-69-68-75(3,4)5)83-74(77)67-65-63-61-59-57-55-53-51-49-47-45-43-40-33-31-29-27-25-23-21-19-17-15-13-11-9-7-2/h9,11,15,17-18,20-21,23-24,26-27,29,72H,6-8,10,12-14,16,19,22,25,28,30-71H2,1-5H3/p+1/b11-9-,17-15-,20-18-,23-21-,26-24-,29-27-. The van der Waals surface area contributed by atoms with Crippen molar-refractivity contribution < 1.29 is 42.1 Å². The first-order chi connectivity index (χ1) is 41.0. The van der Waals surface area contributed by atoms with E-state index in [4.69, 9.17) is 18.5 Å². The molecule has 0 aliphatic heterocycles. The number of quaternary nitrogens is 1. The van der Waals surface area contributed by atoms with Crippen LogP contribution >= 0.6 is 7.82 Å². The van der Waals surface area contributed by atoms with Gasteiger partial charge >= 0.3 is 19.8 Å². The molecule has 0 bridgehead atoms. The zero-order chi connectivity index (χ0) is 61.2. The normalized spacial score (nSPS) is 13.5. The molecule has 0 saturated carbocycles. The van der Waals surface area contributed by atoms with Crippen LogP contribution in [-0.4, -0.2) is 74.9 Å². The highest BCUT2D eigenvalue weighted by Crippen LogP contribution is 2.43. The summed E-state index contributed by atoms with van der Waals surface area (Å²) >= 11 is 0. The van der Waals surface area contributed by atoms with Crippen molar-refractivity contribution in [3.63, 3.8) is 0 Å². The molecule has 0 spiro atoms. The highest BCUT2D eigenvalue weighted by molar-refractivity contribution is 7.47. The number of hydrogen-bond acceptors (Lipinski definition) is 7. The van der Waals surface area contributed by atoms with E-state index in [-0.39, 0.29) is 25.6 Å². The van der Waals surface area contributed by atoms with Crippen LogP contribution in [0.3, 0.4) is 0 Å². The maximum Gasteiger partial charge on any atom is 0.472 e. The second kappa shape index (κ2) is 64.9. The Morgan fingerprint density at radius 1 is 0.381 bits per heavy atom. The van der Waals surface area contributed by atoms with E-state index in [1.807, 2.05) is 21.1 Å². The van der Waals surface area contributed by atoms with Gasteiger partial charge in [0.15, 0.2) is 6.10 Å². The first kappa shape index (κ1) is 81.5. The number of allylic oxidation sites excluding steroid dienone is 12. The molecule has 9 nitrogen and oxygen atoms in total. The molecule has 0 aliphatic rings. The van der Waals surface area contributed by atoms with Crippen LogP contribution in [0.25, 0.3) is 0 Å². The lowest BCUT2D eigenvalue weighted by atomic mass is 10.0. The maximum atomic E-state index is 12.9. The number of phosphoric ester groups is 1. The second-order valence-corrected chi connectivity index (χ2v) is 26.7. The lowest BCUT2D eigenvalue weighted by Crippen LogP contribution is -2.37. The molecule has 0 radical (unpaired) electrons. The van der Waals surface area contributed by atoms with Crippen LogP contribution in [-0.2, 0) is 32.7 Å². The largest absolute Gasteiger partial charge is 0.472 e. The number of phosphoric acid groups is 1. The Hall–Kier alpha value is -2.55. The van der Waals surface area contributed by atoms with E-state index < -0.39 is 26.5 Å². The zero-order valence-corrected chi connectivity index (χ0v) is 56.8. The van der Waals surface area contributed by atoms with Crippen LogP contribution in [0, 0.1) is 0 Å². The highest BCUT2D eigenvalue weighted by atomic mass is 31.2. The molecule has 84 heavy (non-hydrogen) atoms. The van der Waals surface area contributed by atoms with E-state index in [0.717, 1.165) is 64.2 Å². The van der Waals surface area contributed by atoms with Crippen LogP contribution in [0.1, 0.15) is 335 Å². The number of unbranched alkanes of at least 4 members (excludes halogenated alkanes) is 40. The smallest absolute Gasteiger partial charge is 0.462 e. The Morgan fingerprint density at radius 2 is 0.679 bits per heavy atom. The minimum atomic E-state index is -4.39. The fourth-order valence-corrected chi connectivity index (χ4v) is 11.0. The number of carbonyl (C=O) groups excluding carboxylic acids is 2. The molecule has 2 atom stereocenters. The Labute approximate surface area is 520 Å². The summed E-state index contributed by atoms with van der Waals surface area (Å²) in [6, 6.07) is 0. The molecule has 1 N–H and O–H groups in total. The van der Waals surface area contributed by atoms with Crippen molar-refractivity contribution in [2.75, 3.05) is 47.5 Å². The Kier molecular flexibility index (Phi) is 62.9. The van der Waals surface area contributed by atoms with Gasteiger partial charge in [0.2, 0.25) is 0 Å². The average molecular weight is 1200 g/mol. The van der Waals surface area contributed by atoms with Crippen molar-refractivity contribution in [3.05, 3.63) is 72.9 Å². The van der Waals surface area contributed by atoms with Crippen molar-refractivity contribution in [2.45, 2.75) is 341 Å². The number of esters is 2. The van der Waals surface area contributed by atoms with Gasteiger partial charge in [-0.2, -0.15) is 0 Å². The molecule has 0 aromatic rings. The number of hydrogen-bond donors (Lipinski definition) is 1. The van der Waals surface area contributed by atoms with Crippen LogP contribution in [0.4, 0.5) is 0 Å². The summed E-state index contributed by atoms with van der Waals surface area (Å²) in [6.45, 7) is 4.36. The lowest BCUT2D eigenvalue weighted by molar-refractivity contribution is -0.870. The number of nitrogens with zero attached hydrogens (tertiary/aromatic N) is 1. The maximum absolute atomic E-state index is 12.9. The number of ether oxygens (including phenoxy) is 2. The fourth-order valence-electron chi connectivity index (χ4n) is 10.3. The van der Waals surface area contributed by atoms with Crippen molar-refractivity contribution >= 4 is 19.8 Å². The van der Waals surface area contributed by atoms with Gasteiger partial charge in [-0.3, -0.25) is 18.6 Å². The number of carbonyl (C=O) groups is 2. The molecule has 0 saturated heterocycles. The predicted octanol–water partition coefficient (Wildman–Crippen LogP) is 23.2. The first-order valence-electron chi connectivity index (χ1n) is 35.7. The van der Waals surface area contributed by atoms with Gasteiger partial charge < -0.3 is 18.9 Å². The van der Waals surface area contributed by atoms with Gasteiger partial charge in [-0.15, -0.1) is 0 Å². The molecule has 0 amide bonds. The van der Waals surface area contributed by atoms with Gasteiger partial charge in [-0.05, 0) is 83.5 Å². The third-order valence-electron chi connectivity index (χ3n) is 15.7. The number of rotatable bonds is 66. The van der Waals surface area contributed by atoms with E-state index in [0.29, 0.717) is 23.9 Å². The topological polar surface area (TPSA) is 108 Å². The molecule has 0 rings (SSSR count). The van der Waals surface area contributed by atoms with Crippen LogP contribution < -0.4 is 0 Å². The monoisotopic (exact) mass is 1200 g/mol. The molecular formula is C74H137NO8P+. The van der Waals surface area contributed by atoms with Gasteiger partial charge in [-0.25, -0.2) is 4.57 Å². The summed E-state index contributed by atoms with van der Waals surface area (Å²) in [5.41, 5.74) is 0.